The molecule has 0 fully saturated rings. The van der Waals surface area contributed by atoms with Gasteiger partial charge in [-0.25, -0.2) is 0 Å². The van der Waals surface area contributed by atoms with Crippen LogP contribution in [0.25, 0.3) is 11.1 Å². The average molecular weight is 699 g/mol. The van der Waals surface area contributed by atoms with Gasteiger partial charge in [0.05, 0.1) is 0 Å². The maximum absolute atomic E-state index is 15.9. The minimum absolute atomic E-state index is 0.0197. The van der Waals surface area contributed by atoms with Crippen LogP contribution in [-0.2, 0) is 4.57 Å². The number of halogens is 4. The molecule has 49 heavy (non-hydrogen) atoms. The van der Waals surface area contributed by atoms with Crippen LogP contribution in [0.4, 0.5) is 17.6 Å². The summed E-state index contributed by atoms with van der Waals surface area (Å²) in [4.78, 5) is 0. The molecule has 11 heteroatoms. The second-order valence-electron chi connectivity index (χ2n) is 11.2. The van der Waals surface area contributed by atoms with E-state index in [-0.39, 0.29) is 27.9 Å². The van der Waals surface area contributed by atoms with Crippen LogP contribution in [0.15, 0.2) is 146 Å². The first kappa shape index (κ1) is 31.2. The van der Waals surface area contributed by atoms with Crippen LogP contribution in [0.1, 0.15) is 0 Å². The molecular weight excluding hydrogens is 674 g/mol. The fourth-order valence-corrected chi connectivity index (χ4v) is 11.5. The second-order valence-corrected chi connectivity index (χ2v) is 16.1. The molecule has 0 atom stereocenters. The first-order valence-corrected chi connectivity index (χ1v) is 18.2. The molecule has 8 rings (SSSR count). The van der Waals surface area contributed by atoms with E-state index in [2.05, 4.69) is 0 Å². The standard InChI is InChI=1S/C38H24F4O5P2/c39-37(40)44-29-21-23-31(48(25-13-5-1-6-14-25)26-15-7-2-8-16-26)33(35(29)46-37)34-32(24-22-30-36(34)47-38(41,42)45-30)49(43,27-17-9-3-10-18-27)28-19-11-4-12-20-28/h1-24H. The highest BCUT2D eigenvalue weighted by molar-refractivity contribution is 7.85. The zero-order valence-electron chi connectivity index (χ0n) is 25.3. The normalized spacial score (nSPS) is 15.4. The first-order chi connectivity index (χ1) is 23.6. The highest BCUT2D eigenvalue weighted by Crippen LogP contribution is 2.58. The number of hydrogen-bond acceptors (Lipinski definition) is 5. The summed E-state index contributed by atoms with van der Waals surface area (Å²) in [6.45, 7) is 0. The van der Waals surface area contributed by atoms with Crippen molar-refractivity contribution < 1.29 is 41.1 Å². The van der Waals surface area contributed by atoms with Gasteiger partial charge in [-0.2, -0.15) is 0 Å². The van der Waals surface area contributed by atoms with E-state index >= 15 is 22.1 Å². The van der Waals surface area contributed by atoms with Crippen molar-refractivity contribution in [1.82, 2.24) is 0 Å². The first-order valence-electron chi connectivity index (χ1n) is 15.1. The van der Waals surface area contributed by atoms with Gasteiger partial charge in [0.15, 0.2) is 30.1 Å². The van der Waals surface area contributed by atoms with Crippen LogP contribution in [0, 0.1) is 0 Å². The Kier molecular flexibility index (Phi) is 7.51. The molecule has 5 nitrogen and oxygen atoms in total. The number of ether oxygens (including phenoxy) is 4. The van der Waals surface area contributed by atoms with Gasteiger partial charge in [0.25, 0.3) is 0 Å². The van der Waals surface area contributed by atoms with Crippen LogP contribution < -0.4 is 50.8 Å². The van der Waals surface area contributed by atoms with Gasteiger partial charge in [0, 0.05) is 27.0 Å². The van der Waals surface area contributed by atoms with E-state index in [1.807, 2.05) is 60.7 Å². The predicted octanol–water partition coefficient (Wildman–Crippen LogP) is 7.39. The Labute approximate surface area is 279 Å². The third kappa shape index (κ3) is 5.44. The van der Waals surface area contributed by atoms with E-state index < -0.39 is 39.2 Å². The maximum Gasteiger partial charge on any atom is 0.586 e. The molecule has 0 N–H and O–H groups in total. The van der Waals surface area contributed by atoms with Gasteiger partial charge in [0.2, 0.25) is 0 Å². The quantitative estimate of drug-likeness (QED) is 0.129. The van der Waals surface area contributed by atoms with Gasteiger partial charge in [-0.15, -0.1) is 17.6 Å². The molecule has 2 aliphatic rings. The fraction of sp³-hybridized carbons (Fsp3) is 0.0526. The van der Waals surface area contributed by atoms with Crippen molar-refractivity contribution >= 4 is 46.9 Å². The number of benzene rings is 6. The molecule has 2 aliphatic heterocycles. The fourth-order valence-electron chi connectivity index (χ4n) is 6.22. The molecule has 0 bridgehead atoms. The van der Waals surface area contributed by atoms with Crippen LogP contribution in [-0.4, -0.2) is 12.6 Å². The van der Waals surface area contributed by atoms with Crippen LogP contribution in [0.3, 0.4) is 0 Å². The molecule has 244 valence electrons. The largest absolute Gasteiger partial charge is 0.586 e. The number of fused-ring (bicyclic) bond motifs is 2. The zero-order chi connectivity index (χ0) is 33.8. The highest BCUT2D eigenvalue weighted by atomic mass is 31.2. The van der Waals surface area contributed by atoms with Crippen molar-refractivity contribution in [2.45, 2.75) is 12.6 Å². The van der Waals surface area contributed by atoms with Gasteiger partial charge in [-0.3, -0.25) is 0 Å². The topological polar surface area (TPSA) is 54.0 Å². The lowest BCUT2D eigenvalue weighted by Crippen LogP contribution is -2.29. The van der Waals surface area contributed by atoms with Gasteiger partial charge in [0.1, 0.15) is 0 Å². The third-order valence-electron chi connectivity index (χ3n) is 8.20. The molecule has 0 unspecified atom stereocenters. The summed E-state index contributed by atoms with van der Waals surface area (Å²) in [5.74, 6) is -1.53. The Balaban J connectivity index is 1.53. The summed E-state index contributed by atoms with van der Waals surface area (Å²) in [6, 6.07) is 41.6. The van der Waals surface area contributed by atoms with Crippen molar-refractivity contribution in [3.05, 3.63) is 146 Å². The summed E-state index contributed by atoms with van der Waals surface area (Å²) in [5.41, 5.74) is -0.146. The molecule has 0 radical (unpaired) electrons. The van der Waals surface area contributed by atoms with Crippen molar-refractivity contribution in [1.29, 1.82) is 0 Å². The maximum atomic E-state index is 15.9. The lowest BCUT2D eigenvalue weighted by Gasteiger charge is -2.27. The minimum atomic E-state index is -4.10. The number of hydrogen-bond donors (Lipinski definition) is 0. The van der Waals surface area contributed by atoms with Gasteiger partial charge < -0.3 is 23.5 Å². The summed E-state index contributed by atoms with van der Waals surface area (Å²) >= 11 is 0. The number of rotatable bonds is 7. The molecule has 6 aromatic rings. The molecule has 0 amide bonds. The van der Waals surface area contributed by atoms with E-state index in [9.17, 15) is 0 Å². The molecule has 2 heterocycles. The predicted molar refractivity (Wildman–Crippen MR) is 182 cm³/mol. The Morgan fingerprint density at radius 3 is 1.35 bits per heavy atom. The molecule has 6 aromatic carbocycles. The lowest BCUT2D eigenvalue weighted by atomic mass is 10.0. The van der Waals surface area contributed by atoms with Gasteiger partial charge >= 0.3 is 12.6 Å². The Bertz CT molecular complexity index is 2140. The summed E-state index contributed by atoms with van der Waals surface area (Å²) in [6.07, 6.45) is -8.16. The van der Waals surface area contributed by atoms with Gasteiger partial charge in [-0.1, -0.05) is 121 Å². The average Bonchev–Trinajstić information content (AvgIpc) is 3.62. The van der Waals surface area contributed by atoms with E-state index in [0.717, 1.165) is 10.6 Å². The smallest absolute Gasteiger partial charge is 0.395 e. The summed E-state index contributed by atoms with van der Waals surface area (Å²) < 4.78 is 96.2. The second kappa shape index (κ2) is 11.8. The highest BCUT2D eigenvalue weighted by Gasteiger charge is 2.50. The van der Waals surface area contributed by atoms with Crippen LogP contribution in [0.5, 0.6) is 23.0 Å². The third-order valence-corrected chi connectivity index (χ3v) is 13.8. The van der Waals surface area contributed by atoms with E-state index in [0.29, 0.717) is 15.9 Å². The Morgan fingerprint density at radius 2 is 0.878 bits per heavy atom. The molecule has 0 saturated heterocycles. The lowest BCUT2D eigenvalue weighted by molar-refractivity contribution is -0.287. The summed E-state index contributed by atoms with van der Waals surface area (Å²) in [5, 5.41) is 2.96. The molecular formula is C38H24F4O5P2. The Morgan fingerprint density at radius 1 is 0.469 bits per heavy atom. The monoisotopic (exact) mass is 698 g/mol. The molecule has 0 saturated carbocycles. The van der Waals surface area contributed by atoms with Crippen molar-refractivity contribution in [2.24, 2.45) is 0 Å². The van der Waals surface area contributed by atoms with Gasteiger partial charge in [-0.05, 0) is 48.1 Å². The number of alkyl halides is 4. The Hall–Kier alpha value is -5.10. The van der Waals surface area contributed by atoms with E-state index in [1.54, 1.807) is 66.7 Å². The minimum Gasteiger partial charge on any atom is -0.395 e. The van der Waals surface area contributed by atoms with E-state index in [1.165, 1.54) is 18.2 Å². The molecule has 0 aliphatic carbocycles. The van der Waals surface area contributed by atoms with Crippen LogP contribution >= 0.6 is 15.1 Å². The van der Waals surface area contributed by atoms with Crippen LogP contribution in [0.2, 0.25) is 0 Å². The molecule has 0 spiro atoms. The van der Waals surface area contributed by atoms with Crippen molar-refractivity contribution in [3.8, 4) is 34.1 Å². The van der Waals surface area contributed by atoms with Crippen molar-refractivity contribution in [2.75, 3.05) is 0 Å². The van der Waals surface area contributed by atoms with Crippen molar-refractivity contribution in [3.63, 3.8) is 0 Å². The van der Waals surface area contributed by atoms with E-state index in [4.69, 9.17) is 18.9 Å². The SMILES string of the molecule is O=P(c1ccccc1)(c1ccccc1)c1ccc2c(c1-c1c(P(c3ccccc3)c3ccccc3)ccc3c1OC(F)(F)O3)OC(F)(F)O2. The summed E-state index contributed by atoms with van der Waals surface area (Å²) in [7, 11) is -5.53. The molecule has 0 aromatic heterocycles. The zero-order valence-corrected chi connectivity index (χ0v) is 27.1.